The maximum Gasteiger partial charge on any atom is 0.108 e. The van der Waals surface area contributed by atoms with E-state index < -0.39 is 0 Å². The van der Waals surface area contributed by atoms with Crippen LogP contribution in [-0.2, 0) is 25.8 Å². The fourth-order valence-corrected chi connectivity index (χ4v) is 3.47. The van der Waals surface area contributed by atoms with Gasteiger partial charge in [0.05, 0.1) is 5.69 Å². The van der Waals surface area contributed by atoms with Crippen molar-refractivity contribution < 1.29 is 0 Å². The summed E-state index contributed by atoms with van der Waals surface area (Å²) in [5.41, 5.74) is 2.71. The molecule has 0 spiro atoms. The van der Waals surface area contributed by atoms with Crippen LogP contribution in [0.1, 0.15) is 82.3 Å². The molecule has 0 aliphatic heterocycles. The average molecular weight is 341 g/mol. The van der Waals surface area contributed by atoms with Gasteiger partial charge in [0.15, 0.2) is 0 Å². The summed E-state index contributed by atoms with van der Waals surface area (Å²) in [5.74, 6) is 1.30. The van der Waals surface area contributed by atoms with Crippen LogP contribution in [0, 0.1) is 0 Å². The SMILES string of the molecule is CCCCCCCCCc1nc(CCCc2ccccc2)cn1CC. The van der Waals surface area contributed by atoms with Crippen molar-refractivity contribution in [3.05, 3.63) is 53.6 Å². The van der Waals surface area contributed by atoms with Crippen LogP contribution < -0.4 is 0 Å². The van der Waals surface area contributed by atoms with E-state index in [0.717, 1.165) is 25.8 Å². The van der Waals surface area contributed by atoms with Crippen molar-refractivity contribution in [2.75, 3.05) is 0 Å². The van der Waals surface area contributed by atoms with Gasteiger partial charge < -0.3 is 4.57 Å². The predicted molar refractivity (Wildman–Crippen MR) is 108 cm³/mol. The lowest BCUT2D eigenvalue weighted by Gasteiger charge is -2.04. The number of rotatable bonds is 13. The zero-order valence-electron chi connectivity index (χ0n) is 16.3. The van der Waals surface area contributed by atoms with Gasteiger partial charge in [0.1, 0.15) is 5.82 Å². The number of nitrogens with zero attached hydrogens (tertiary/aromatic N) is 2. The monoisotopic (exact) mass is 340 g/mol. The average Bonchev–Trinajstić information content (AvgIpc) is 3.04. The molecule has 138 valence electrons. The molecule has 25 heavy (non-hydrogen) atoms. The van der Waals surface area contributed by atoms with Gasteiger partial charge in [-0.25, -0.2) is 4.98 Å². The van der Waals surface area contributed by atoms with Crippen LogP contribution in [-0.4, -0.2) is 9.55 Å². The van der Waals surface area contributed by atoms with Gasteiger partial charge in [-0.05, 0) is 38.2 Å². The minimum Gasteiger partial charge on any atom is -0.335 e. The Labute approximate surface area is 154 Å². The number of unbranched alkanes of at least 4 members (excludes halogenated alkanes) is 6. The fourth-order valence-electron chi connectivity index (χ4n) is 3.47. The summed E-state index contributed by atoms with van der Waals surface area (Å²) in [5, 5.41) is 0. The van der Waals surface area contributed by atoms with Gasteiger partial charge >= 0.3 is 0 Å². The molecule has 0 N–H and O–H groups in total. The molecule has 2 aromatic rings. The number of aryl methyl sites for hydroxylation is 4. The van der Waals surface area contributed by atoms with E-state index in [4.69, 9.17) is 4.98 Å². The van der Waals surface area contributed by atoms with Crippen LogP contribution in [0.4, 0.5) is 0 Å². The molecule has 1 aromatic heterocycles. The van der Waals surface area contributed by atoms with Gasteiger partial charge in [-0.1, -0.05) is 75.8 Å². The molecule has 0 saturated heterocycles. The molecule has 0 aliphatic rings. The Hall–Kier alpha value is -1.57. The Morgan fingerprint density at radius 3 is 2.20 bits per heavy atom. The van der Waals surface area contributed by atoms with Crippen molar-refractivity contribution in [2.24, 2.45) is 0 Å². The van der Waals surface area contributed by atoms with Gasteiger partial charge in [0, 0.05) is 19.2 Å². The number of benzene rings is 1. The third-order valence-electron chi connectivity index (χ3n) is 4.99. The third-order valence-corrected chi connectivity index (χ3v) is 4.99. The van der Waals surface area contributed by atoms with E-state index in [1.165, 1.54) is 68.4 Å². The van der Waals surface area contributed by atoms with Crippen LogP contribution in [0.15, 0.2) is 36.5 Å². The van der Waals surface area contributed by atoms with E-state index in [-0.39, 0.29) is 0 Å². The highest BCUT2D eigenvalue weighted by Crippen LogP contribution is 2.13. The van der Waals surface area contributed by atoms with E-state index in [0.29, 0.717) is 0 Å². The molecule has 2 heteroatoms. The predicted octanol–water partition coefficient (Wildman–Crippen LogP) is 6.37. The van der Waals surface area contributed by atoms with Crippen molar-refractivity contribution >= 4 is 0 Å². The first-order chi connectivity index (χ1) is 12.3. The normalized spacial score (nSPS) is 11.1. The molecule has 0 bridgehead atoms. The lowest BCUT2D eigenvalue weighted by atomic mass is 10.1. The lowest BCUT2D eigenvalue weighted by molar-refractivity contribution is 0.575. The molecular formula is C23H36N2. The first kappa shape index (κ1) is 19.8. The second kappa shape index (κ2) is 11.9. The van der Waals surface area contributed by atoms with E-state index in [1.54, 1.807) is 0 Å². The highest BCUT2D eigenvalue weighted by atomic mass is 15.1. The molecule has 1 aromatic carbocycles. The highest BCUT2D eigenvalue weighted by molar-refractivity contribution is 5.15. The number of hydrogen-bond acceptors (Lipinski definition) is 1. The van der Waals surface area contributed by atoms with Crippen molar-refractivity contribution in [3.63, 3.8) is 0 Å². The van der Waals surface area contributed by atoms with Gasteiger partial charge in [0.2, 0.25) is 0 Å². The summed E-state index contributed by atoms with van der Waals surface area (Å²) in [6.45, 7) is 5.54. The van der Waals surface area contributed by atoms with Crippen LogP contribution >= 0.6 is 0 Å². The topological polar surface area (TPSA) is 17.8 Å². The third kappa shape index (κ3) is 7.46. The molecule has 0 radical (unpaired) electrons. The van der Waals surface area contributed by atoms with Crippen LogP contribution in [0.2, 0.25) is 0 Å². The summed E-state index contributed by atoms with van der Waals surface area (Å²) < 4.78 is 2.36. The first-order valence-electron chi connectivity index (χ1n) is 10.4. The molecule has 0 atom stereocenters. The summed E-state index contributed by atoms with van der Waals surface area (Å²) >= 11 is 0. The van der Waals surface area contributed by atoms with Crippen LogP contribution in [0.3, 0.4) is 0 Å². The van der Waals surface area contributed by atoms with E-state index in [2.05, 4.69) is 54.9 Å². The Kier molecular flexibility index (Phi) is 9.40. The molecule has 0 unspecified atom stereocenters. The Morgan fingerprint density at radius 2 is 1.48 bits per heavy atom. The van der Waals surface area contributed by atoms with Crippen molar-refractivity contribution in [2.45, 2.75) is 91.0 Å². The molecule has 0 fully saturated rings. The maximum absolute atomic E-state index is 4.92. The first-order valence-corrected chi connectivity index (χ1v) is 10.4. The van der Waals surface area contributed by atoms with E-state index in [9.17, 15) is 0 Å². The minimum atomic E-state index is 1.04. The smallest absolute Gasteiger partial charge is 0.108 e. The fraction of sp³-hybridized carbons (Fsp3) is 0.609. The Bertz CT molecular complexity index is 571. The Morgan fingerprint density at radius 1 is 0.760 bits per heavy atom. The molecule has 2 nitrogen and oxygen atoms in total. The van der Waals surface area contributed by atoms with Gasteiger partial charge in [-0.3, -0.25) is 0 Å². The zero-order valence-corrected chi connectivity index (χ0v) is 16.3. The van der Waals surface area contributed by atoms with Crippen molar-refractivity contribution in [3.8, 4) is 0 Å². The largest absolute Gasteiger partial charge is 0.335 e. The molecule has 2 rings (SSSR count). The number of aromatic nitrogens is 2. The number of imidazole rings is 1. The molecule has 0 amide bonds. The second-order valence-electron chi connectivity index (χ2n) is 7.14. The zero-order chi connectivity index (χ0) is 17.7. The molecule has 0 aliphatic carbocycles. The van der Waals surface area contributed by atoms with E-state index in [1.807, 2.05) is 0 Å². The van der Waals surface area contributed by atoms with Gasteiger partial charge in [0.25, 0.3) is 0 Å². The maximum atomic E-state index is 4.92. The summed E-state index contributed by atoms with van der Waals surface area (Å²) in [4.78, 5) is 4.92. The quantitative estimate of drug-likeness (QED) is 0.387. The second-order valence-corrected chi connectivity index (χ2v) is 7.14. The summed E-state index contributed by atoms with van der Waals surface area (Å²) in [6, 6.07) is 10.8. The van der Waals surface area contributed by atoms with Gasteiger partial charge in [-0.2, -0.15) is 0 Å². The van der Waals surface area contributed by atoms with Crippen LogP contribution in [0.25, 0.3) is 0 Å². The van der Waals surface area contributed by atoms with Crippen molar-refractivity contribution in [1.29, 1.82) is 0 Å². The summed E-state index contributed by atoms with van der Waals surface area (Å²) in [6.07, 6.45) is 16.4. The molecule has 0 saturated carbocycles. The number of hydrogen-bond donors (Lipinski definition) is 0. The lowest BCUT2D eigenvalue weighted by Crippen LogP contribution is -2.00. The highest BCUT2D eigenvalue weighted by Gasteiger charge is 2.07. The standard InChI is InChI=1S/C23H36N2/c1-3-5-6-7-8-9-13-19-23-24-22(20-25(23)4-2)18-14-17-21-15-11-10-12-16-21/h10-12,15-16,20H,3-9,13-14,17-19H2,1-2H3. The Balaban J connectivity index is 1.70. The summed E-state index contributed by atoms with van der Waals surface area (Å²) in [7, 11) is 0. The van der Waals surface area contributed by atoms with E-state index >= 15 is 0 Å². The molecule has 1 heterocycles. The minimum absolute atomic E-state index is 1.04. The van der Waals surface area contributed by atoms with Crippen molar-refractivity contribution in [1.82, 2.24) is 9.55 Å². The van der Waals surface area contributed by atoms with Gasteiger partial charge in [-0.15, -0.1) is 0 Å². The van der Waals surface area contributed by atoms with Crippen LogP contribution in [0.5, 0.6) is 0 Å². The molecular weight excluding hydrogens is 304 g/mol.